The van der Waals surface area contributed by atoms with Crippen LogP contribution in [0.25, 0.3) is 22.6 Å². The molecule has 0 atom stereocenters. The molecule has 0 unspecified atom stereocenters. The van der Waals surface area contributed by atoms with Gasteiger partial charge >= 0.3 is 0 Å². The average Bonchev–Trinajstić information content (AvgIpc) is 3.28. The second-order valence-corrected chi connectivity index (χ2v) is 7.73. The van der Waals surface area contributed by atoms with Crippen LogP contribution in [0.5, 0.6) is 23.0 Å². The molecule has 8 nitrogen and oxygen atoms in total. The number of H-pyrrole nitrogens is 1. The van der Waals surface area contributed by atoms with Crippen LogP contribution in [-0.4, -0.2) is 44.8 Å². The number of hydrogen-bond acceptors (Lipinski definition) is 6. The number of imidazole rings is 1. The van der Waals surface area contributed by atoms with Gasteiger partial charge in [0.1, 0.15) is 17.2 Å². The molecule has 3 aromatic heterocycles. The smallest absolute Gasteiger partial charge is 0.253 e. The molecule has 3 heterocycles. The maximum atomic E-state index is 12.2. The second-order valence-electron chi connectivity index (χ2n) is 7.73. The summed E-state index contributed by atoms with van der Waals surface area (Å²) in [5, 5.41) is 0. The predicted octanol–water partition coefficient (Wildman–Crippen LogP) is 5.31. The number of rotatable bonds is 6. The fraction of sp³-hybridized carbons (Fsp3) is 0.0769. The highest BCUT2D eigenvalue weighted by Crippen LogP contribution is 2.38. The van der Waals surface area contributed by atoms with Crippen LogP contribution in [0.2, 0.25) is 0 Å². The van der Waals surface area contributed by atoms with Gasteiger partial charge in [-0.25, -0.2) is 4.98 Å². The number of aromatic amines is 1. The van der Waals surface area contributed by atoms with Crippen LogP contribution in [0.4, 0.5) is 0 Å². The van der Waals surface area contributed by atoms with Crippen LogP contribution in [0, 0.1) is 0 Å². The summed E-state index contributed by atoms with van der Waals surface area (Å²) in [5.74, 6) is 2.67. The quantitative estimate of drug-likeness (QED) is 0.376. The van der Waals surface area contributed by atoms with E-state index in [1.54, 1.807) is 63.0 Å². The minimum Gasteiger partial charge on any atom is -0.453 e. The van der Waals surface area contributed by atoms with Crippen molar-refractivity contribution >= 4 is 16.9 Å². The lowest BCUT2D eigenvalue weighted by atomic mass is 10.2. The second kappa shape index (κ2) is 9.03. The van der Waals surface area contributed by atoms with Gasteiger partial charge in [-0.1, -0.05) is 6.07 Å². The topological polar surface area (TPSA) is 93.2 Å². The zero-order valence-electron chi connectivity index (χ0n) is 18.6. The van der Waals surface area contributed by atoms with Crippen LogP contribution in [-0.2, 0) is 0 Å². The molecular formula is C26H21N5O3. The van der Waals surface area contributed by atoms with E-state index in [2.05, 4.69) is 19.9 Å². The van der Waals surface area contributed by atoms with Crippen LogP contribution < -0.4 is 9.47 Å². The maximum absolute atomic E-state index is 12.2. The summed E-state index contributed by atoms with van der Waals surface area (Å²) < 4.78 is 12.2. The minimum atomic E-state index is -0.0767. The Balaban J connectivity index is 1.52. The highest BCUT2D eigenvalue weighted by atomic mass is 16.5. The first kappa shape index (κ1) is 21.1. The van der Waals surface area contributed by atoms with Crippen LogP contribution in [0.15, 0.2) is 85.3 Å². The Hall–Kier alpha value is -4.72. The lowest BCUT2D eigenvalue weighted by molar-refractivity contribution is 0.0827. The Morgan fingerprint density at radius 2 is 1.68 bits per heavy atom. The Morgan fingerprint density at radius 3 is 2.38 bits per heavy atom. The van der Waals surface area contributed by atoms with Crippen molar-refractivity contribution in [3.05, 3.63) is 90.9 Å². The van der Waals surface area contributed by atoms with Crippen molar-refractivity contribution in [2.75, 3.05) is 14.1 Å². The van der Waals surface area contributed by atoms with Gasteiger partial charge in [-0.05, 0) is 48.5 Å². The highest BCUT2D eigenvalue weighted by molar-refractivity contribution is 5.94. The van der Waals surface area contributed by atoms with Gasteiger partial charge in [0, 0.05) is 44.2 Å². The summed E-state index contributed by atoms with van der Waals surface area (Å²) in [7, 11) is 3.43. The summed E-state index contributed by atoms with van der Waals surface area (Å²) in [6.45, 7) is 0. The average molecular weight is 451 g/mol. The number of nitrogens with one attached hydrogen (secondary N) is 1. The Kier molecular flexibility index (Phi) is 5.61. The molecule has 0 bridgehead atoms. The van der Waals surface area contributed by atoms with E-state index in [-0.39, 0.29) is 5.91 Å². The molecule has 5 rings (SSSR count). The van der Waals surface area contributed by atoms with E-state index < -0.39 is 0 Å². The molecule has 0 fully saturated rings. The standard InChI is InChI=1S/C26H21N5O3/c1-31(2)26(32)17-8-10-18(11-9-17)33-23-14-21-22(15-24(23)34-19-6-5-12-27-16-19)30-25(29-21)20-7-3-4-13-28-20/h3-16H,1-2H3,(H,29,30). The van der Waals surface area contributed by atoms with E-state index in [0.717, 1.165) is 11.2 Å². The predicted molar refractivity (Wildman–Crippen MR) is 128 cm³/mol. The number of amides is 1. The molecule has 0 aliphatic heterocycles. The first-order valence-corrected chi connectivity index (χ1v) is 10.6. The lowest BCUT2D eigenvalue weighted by Gasteiger charge is -2.13. The summed E-state index contributed by atoms with van der Waals surface area (Å²) in [5.41, 5.74) is 2.79. The molecule has 34 heavy (non-hydrogen) atoms. The molecule has 0 saturated carbocycles. The van der Waals surface area contributed by atoms with Gasteiger partial charge in [-0.2, -0.15) is 0 Å². The third kappa shape index (κ3) is 4.42. The zero-order chi connectivity index (χ0) is 23.5. The van der Waals surface area contributed by atoms with Crippen molar-refractivity contribution in [1.29, 1.82) is 0 Å². The summed E-state index contributed by atoms with van der Waals surface area (Å²) in [6.07, 6.45) is 5.03. The third-order valence-corrected chi connectivity index (χ3v) is 5.05. The molecule has 168 valence electrons. The number of nitrogens with zero attached hydrogens (tertiary/aromatic N) is 4. The van der Waals surface area contributed by atoms with Gasteiger partial charge in [-0.15, -0.1) is 0 Å². The largest absolute Gasteiger partial charge is 0.453 e. The lowest BCUT2D eigenvalue weighted by Crippen LogP contribution is -2.21. The van der Waals surface area contributed by atoms with Crippen molar-refractivity contribution in [3.63, 3.8) is 0 Å². The molecular weight excluding hydrogens is 430 g/mol. The van der Waals surface area contributed by atoms with Crippen LogP contribution in [0.1, 0.15) is 10.4 Å². The Labute approximate surface area is 195 Å². The molecule has 0 spiro atoms. The van der Waals surface area contributed by atoms with E-state index >= 15 is 0 Å². The van der Waals surface area contributed by atoms with Gasteiger partial charge in [0.2, 0.25) is 0 Å². The van der Waals surface area contributed by atoms with Crippen LogP contribution >= 0.6 is 0 Å². The van der Waals surface area contributed by atoms with E-state index in [1.807, 2.05) is 36.4 Å². The van der Waals surface area contributed by atoms with Crippen LogP contribution in [0.3, 0.4) is 0 Å². The molecule has 8 heteroatoms. The molecule has 0 radical (unpaired) electrons. The summed E-state index contributed by atoms with van der Waals surface area (Å²) >= 11 is 0. The fourth-order valence-corrected chi connectivity index (χ4v) is 3.39. The van der Waals surface area contributed by atoms with Crippen molar-refractivity contribution in [2.45, 2.75) is 0 Å². The van der Waals surface area contributed by atoms with Gasteiger partial charge in [-0.3, -0.25) is 14.8 Å². The van der Waals surface area contributed by atoms with Crippen molar-refractivity contribution in [2.24, 2.45) is 0 Å². The highest BCUT2D eigenvalue weighted by Gasteiger charge is 2.15. The van der Waals surface area contributed by atoms with E-state index in [1.165, 1.54) is 4.90 Å². The summed E-state index contributed by atoms with van der Waals surface area (Å²) in [4.78, 5) is 30.1. The minimum absolute atomic E-state index is 0.0767. The Bertz CT molecular complexity index is 1430. The fourth-order valence-electron chi connectivity index (χ4n) is 3.39. The molecule has 2 aromatic carbocycles. The van der Waals surface area contributed by atoms with Crippen molar-refractivity contribution < 1.29 is 14.3 Å². The van der Waals surface area contributed by atoms with Crippen molar-refractivity contribution in [3.8, 4) is 34.5 Å². The third-order valence-electron chi connectivity index (χ3n) is 5.05. The SMILES string of the molecule is CN(C)C(=O)c1ccc(Oc2cc3nc(-c4ccccn4)[nH]c3cc2Oc2cccnc2)cc1. The van der Waals surface area contributed by atoms with Gasteiger partial charge in [0.05, 0.1) is 17.2 Å². The normalized spacial score (nSPS) is 10.8. The number of carbonyl (C=O) groups excluding carboxylic acids is 1. The van der Waals surface area contributed by atoms with Crippen molar-refractivity contribution in [1.82, 2.24) is 24.8 Å². The number of benzene rings is 2. The molecule has 0 saturated heterocycles. The molecule has 1 N–H and O–H groups in total. The van der Waals surface area contributed by atoms with Gasteiger partial charge < -0.3 is 19.4 Å². The maximum Gasteiger partial charge on any atom is 0.253 e. The first-order chi connectivity index (χ1) is 16.6. The molecule has 0 aliphatic carbocycles. The van der Waals surface area contributed by atoms with E-state index in [4.69, 9.17) is 9.47 Å². The zero-order valence-corrected chi connectivity index (χ0v) is 18.6. The van der Waals surface area contributed by atoms with Gasteiger partial charge in [0.15, 0.2) is 17.3 Å². The number of carbonyl (C=O) groups is 1. The molecule has 0 aliphatic rings. The van der Waals surface area contributed by atoms with Gasteiger partial charge in [0.25, 0.3) is 5.91 Å². The first-order valence-electron chi connectivity index (χ1n) is 10.6. The number of fused-ring (bicyclic) bond motifs is 1. The summed E-state index contributed by atoms with van der Waals surface area (Å²) in [6, 6.07) is 19.9. The molecule has 1 amide bonds. The van der Waals surface area contributed by atoms with E-state index in [0.29, 0.717) is 39.9 Å². The van der Waals surface area contributed by atoms with E-state index in [9.17, 15) is 4.79 Å². The number of hydrogen-bond donors (Lipinski definition) is 1. The monoisotopic (exact) mass is 451 g/mol. The Morgan fingerprint density at radius 1 is 0.882 bits per heavy atom. The molecule has 5 aromatic rings. The number of ether oxygens (including phenoxy) is 2. The number of aromatic nitrogens is 4. The number of pyridine rings is 2.